The summed E-state index contributed by atoms with van der Waals surface area (Å²) in [5, 5.41) is 10.5. The number of hydrogen-bond acceptors (Lipinski definition) is 5. The van der Waals surface area contributed by atoms with Crippen LogP contribution in [0.2, 0.25) is 0 Å². The first-order valence-corrected chi connectivity index (χ1v) is 9.81. The number of nitrogens with zero attached hydrogens (tertiary/aromatic N) is 4. The Bertz CT molecular complexity index is 1100. The highest BCUT2D eigenvalue weighted by Crippen LogP contribution is 2.36. The average Bonchev–Trinajstić information content (AvgIpc) is 3.11. The molecule has 1 atom stereocenters. The number of halogens is 6. The van der Waals surface area contributed by atoms with Crippen molar-refractivity contribution in [2.45, 2.75) is 29.7 Å². The summed E-state index contributed by atoms with van der Waals surface area (Å²) in [5.74, 6) is -1.20. The summed E-state index contributed by atoms with van der Waals surface area (Å²) >= 11 is 1.38. The fraction of sp³-hybridized carbons (Fsp3) is 0.263. The van der Waals surface area contributed by atoms with Crippen LogP contribution in [0.25, 0.3) is 0 Å². The molecule has 6 nitrogen and oxygen atoms in total. The number of rotatable bonds is 5. The summed E-state index contributed by atoms with van der Waals surface area (Å²) in [6, 6.07) is 6.51. The van der Waals surface area contributed by atoms with Gasteiger partial charge in [-0.3, -0.25) is 4.79 Å². The van der Waals surface area contributed by atoms with Gasteiger partial charge in [-0.1, -0.05) is 23.9 Å². The van der Waals surface area contributed by atoms with E-state index < -0.39 is 35.2 Å². The first kappa shape index (κ1) is 23.6. The molecule has 1 amide bonds. The fourth-order valence-corrected chi connectivity index (χ4v) is 3.53. The van der Waals surface area contributed by atoms with Crippen LogP contribution in [0.15, 0.2) is 47.9 Å². The Morgan fingerprint density at radius 2 is 1.81 bits per heavy atom. The Labute approximate surface area is 182 Å². The maximum Gasteiger partial charge on any atom is 0.433 e. The molecular weight excluding hydrogens is 460 g/mol. The van der Waals surface area contributed by atoms with Gasteiger partial charge in [0.2, 0.25) is 0 Å². The molecule has 32 heavy (non-hydrogen) atoms. The second-order valence-corrected chi connectivity index (χ2v) is 7.99. The molecule has 0 saturated heterocycles. The molecule has 0 spiro atoms. The summed E-state index contributed by atoms with van der Waals surface area (Å²) in [5.41, 5.74) is -3.50. The van der Waals surface area contributed by atoms with E-state index in [9.17, 15) is 31.1 Å². The van der Waals surface area contributed by atoms with Crippen molar-refractivity contribution in [3.05, 3.63) is 65.2 Å². The van der Waals surface area contributed by atoms with Gasteiger partial charge in [0.1, 0.15) is 17.7 Å². The molecule has 0 aliphatic heterocycles. The summed E-state index contributed by atoms with van der Waals surface area (Å²) in [4.78, 5) is 15.5. The summed E-state index contributed by atoms with van der Waals surface area (Å²) in [6.45, 7) is 1.87. The van der Waals surface area contributed by atoms with Crippen molar-refractivity contribution in [3.8, 4) is 0 Å². The van der Waals surface area contributed by atoms with E-state index in [1.165, 1.54) is 24.2 Å². The van der Waals surface area contributed by atoms with Gasteiger partial charge in [0.25, 0.3) is 5.91 Å². The van der Waals surface area contributed by atoms with Gasteiger partial charge < -0.3 is 9.88 Å². The van der Waals surface area contributed by atoms with E-state index in [4.69, 9.17) is 0 Å². The number of benzene rings is 1. The Balaban J connectivity index is 1.84. The third-order valence-corrected chi connectivity index (χ3v) is 5.45. The number of alkyl halides is 6. The lowest BCUT2D eigenvalue weighted by atomic mass is 10.1. The number of carbonyl (C=O) groups is 1. The molecule has 0 radical (unpaired) electrons. The molecule has 0 aliphatic carbocycles. The smallest absolute Gasteiger partial charge is 0.321 e. The minimum absolute atomic E-state index is 0.136. The molecule has 3 rings (SSSR count). The van der Waals surface area contributed by atoms with E-state index in [0.29, 0.717) is 5.16 Å². The maximum atomic E-state index is 13.0. The highest BCUT2D eigenvalue weighted by molar-refractivity contribution is 7.99. The number of nitrogens with one attached hydrogen (secondary N) is 1. The lowest BCUT2D eigenvalue weighted by Gasteiger charge is -2.14. The van der Waals surface area contributed by atoms with Gasteiger partial charge in [0, 0.05) is 18.0 Å². The summed E-state index contributed by atoms with van der Waals surface area (Å²) in [7, 11) is 1.77. The van der Waals surface area contributed by atoms with Crippen LogP contribution >= 0.6 is 11.8 Å². The highest BCUT2D eigenvalue weighted by atomic mass is 32.2. The number of hydrogen-bond donors (Lipinski definition) is 1. The van der Waals surface area contributed by atoms with Gasteiger partial charge in [0.05, 0.1) is 5.56 Å². The van der Waals surface area contributed by atoms with Crippen molar-refractivity contribution in [2.75, 3.05) is 5.32 Å². The van der Waals surface area contributed by atoms with Crippen LogP contribution in [-0.4, -0.2) is 25.7 Å². The highest BCUT2D eigenvalue weighted by Gasteiger charge is 2.38. The van der Waals surface area contributed by atoms with Crippen molar-refractivity contribution >= 4 is 23.4 Å². The van der Waals surface area contributed by atoms with Crippen LogP contribution in [0.1, 0.15) is 39.5 Å². The number of pyridine rings is 1. The van der Waals surface area contributed by atoms with Crippen molar-refractivity contribution in [2.24, 2.45) is 7.05 Å². The van der Waals surface area contributed by atoms with Crippen molar-refractivity contribution in [1.82, 2.24) is 19.7 Å². The number of anilines is 1. The van der Waals surface area contributed by atoms with E-state index in [2.05, 4.69) is 20.5 Å². The van der Waals surface area contributed by atoms with Crippen LogP contribution in [0.4, 0.5) is 32.0 Å². The normalized spacial score (nSPS) is 13.1. The minimum atomic E-state index is -5.15. The fourth-order valence-electron chi connectivity index (χ4n) is 2.63. The van der Waals surface area contributed by atoms with E-state index >= 15 is 0 Å². The molecule has 0 saturated carbocycles. The Morgan fingerprint density at radius 1 is 1.09 bits per heavy atom. The molecule has 170 valence electrons. The third kappa shape index (κ3) is 5.58. The van der Waals surface area contributed by atoms with Crippen molar-refractivity contribution < 1.29 is 31.1 Å². The molecule has 2 heterocycles. The third-order valence-electron chi connectivity index (χ3n) is 4.24. The maximum absolute atomic E-state index is 13.0. The Kier molecular flexibility index (Phi) is 6.49. The minimum Gasteiger partial charge on any atom is -0.321 e. The van der Waals surface area contributed by atoms with Gasteiger partial charge >= 0.3 is 12.4 Å². The second kappa shape index (κ2) is 8.81. The SMILES string of the molecule is C[C@H](Sc1nncn1C)c1cccc(NC(=O)c2cc(C(F)(F)F)cc(C(F)(F)F)n2)c1. The number of amides is 1. The molecule has 0 unspecified atom stereocenters. The largest absolute Gasteiger partial charge is 0.433 e. The first-order chi connectivity index (χ1) is 14.8. The number of carbonyl (C=O) groups excluding carboxylic acids is 1. The van der Waals surface area contributed by atoms with E-state index in [0.717, 1.165) is 5.56 Å². The predicted octanol–water partition coefficient (Wildman–Crippen LogP) is 5.35. The van der Waals surface area contributed by atoms with Crippen molar-refractivity contribution in [3.63, 3.8) is 0 Å². The standard InChI is InChI=1S/C19H15F6N5OS/c1-10(32-17-29-26-9-30(17)2)11-4-3-5-13(6-11)27-16(31)14-7-12(18(20,21)22)8-15(28-14)19(23,24)25/h3-10H,1-2H3,(H,27,31)/t10-/m0/s1. The molecule has 0 fully saturated rings. The molecule has 1 aromatic carbocycles. The average molecular weight is 475 g/mol. The molecule has 2 aromatic heterocycles. The topological polar surface area (TPSA) is 72.7 Å². The summed E-state index contributed by atoms with van der Waals surface area (Å²) in [6.07, 6.45) is -8.70. The van der Waals surface area contributed by atoms with Gasteiger partial charge in [-0.05, 0) is 36.8 Å². The van der Waals surface area contributed by atoms with E-state index in [-0.39, 0.29) is 23.1 Å². The van der Waals surface area contributed by atoms with Gasteiger partial charge in [-0.25, -0.2) is 4.98 Å². The molecule has 0 bridgehead atoms. The second-order valence-electron chi connectivity index (χ2n) is 6.69. The van der Waals surface area contributed by atoms with Crippen LogP contribution in [-0.2, 0) is 19.4 Å². The Morgan fingerprint density at radius 3 is 2.41 bits per heavy atom. The molecule has 0 aliphatic rings. The van der Waals surface area contributed by atoms with E-state index in [1.54, 1.807) is 29.8 Å². The van der Waals surface area contributed by atoms with Gasteiger partial charge in [-0.15, -0.1) is 10.2 Å². The Hall–Kier alpha value is -3.09. The quantitative estimate of drug-likeness (QED) is 0.398. The lowest BCUT2D eigenvalue weighted by molar-refractivity contribution is -0.145. The molecule has 3 aromatic rings. The van der Waals surface area contributed by atoms with Crippen LogP contribution < -0.4 is 5.32 Å². The number of thioether (sulfide) groups is 1. The summed E-state index contributed by atoms with van der Waals surface area (Å²) < 4.78 is 79.7. The number of aryl methyl sites for hydroxylation is 1. The van der Waals surface area contributed by atoms with Crippen LogP contribution in [0.5, 0.6) is 0 Å². The molecule has 1 N–H and O–H groups in total. The first-order valence-electron chi connectivity index (χ1n) is 8.93. The zero-order valence-corrected chi connectivity index (χ0v) is 17.3. The zero-order valence-electron chi connectivity index (χ0n) is 16.5. The van der Waals surface area contributed by atoms with Crippen molar-refractivity contribution in [1.29, 1.82) is 0 Å². The van der Waals surface area contributed by atoms with Crippen LogP contribution in [0.3, 0.4) is 0 Å². The lowest BCUT2D eigenvalue weighted by Crippen LogP contribution is -2.20. The molecular formula is C19H15F6N5OS. The zero-order chi connectivity index (χ0) is 23.7. The number of aromatic nitrogens is 4. The predicted molar refractivity (Wildman–Crippen MR) is 104 cm³/mol. The van der Waals surface area contributed by atoms with Gasteiger partial charge in [0.15, 0.2) is 5.16 Å². The monoisotopic (exact) mass is 475 g/mol. The van der Waals surface area contributed by atoms with Gasteiger partial charge in [-0.2, -0.15) is 26.3 Å². The van der Waals surface area contributed by atoms with E-state index in [1.807, 2.05) is 6.92 Å². The molecule has 13 heteroatoms. The van der Waals surface area contributed by atoms with Crippen LogP contribution in [0, 0.1) is 0 Å².